The number of rotatable bonds is 8. The van der Waals surface area contributed by atoms with Crippen molar-refractivity contribution in [3.63, 3.8) is 0 Å². The summed E-state index contributed by atoms with van der Waals surface area (Å²) in [4.78, 5) is 0. The van der Waals surface area contributed by atoms with Gasteiger partial charge in [0.2, 0.25) is 0 Å². The van der Waals surface area contributed by atoms with Crippen LogP contribution >= 0.6 is 11.8 Å². The van der Waals surface area contributed by atoms with Gasteiger partial charge in [-0.15, -0.1) is 0 Å². The first kappa shape index (κ1) is 14.4. The quantitative estimate of drug-likeness (QED) is 0.768. The molecule has 0 aliphatic carbocycles. The Bertz CT molecular complexity index is 317. The summed E-state index contributed by atoms with van der Waals surface area (Å²) in [5, 5.41) is 3.51. The fraction of sp³-hybridized carbons (Fsp3) is 0.571. The summed E-state index contributed by atoms with van der Waals surface area (Å²) < 4.78 is 5.62. The molecule has 0 amide bonds. The minimum atomic E-state index is 0.546. The summed E-state index contributed by atoms with van der Waals surface area (Å²) in [6, 6.07) is 8.88. The van der Waals surface area contributed by atoms with E-state index in [0.29, 0.717) is 6.04 Å². The van der Waals surface area contributed by atoms with Gasteiger partial charge in [-0.3, -0.25) is 0 Å². The highest BCUT2D eigenvalue weighted by molar-refractivity contribution is 7.98. The summed E-state index contributed by atoms with van der Waals surface area (Å²) in [5.41, 5.74) is 1.28. The largest absolute Gasteiger partial charge is 0.494 e. The Morgan fingerprint density at radius 1 is 1.41 bits per heavy atom. The molecule has 17 heavy (non-hydrogen) atoms. The van der Waals surface area contributed by atoms with Crippen molar-refractivity contribution < 1.29 is 4.74 Å². The molecule has 1 unspecified atom stereocenters. The normalized spacial score (nSPS) is 12.4. The summed E-state index contributed by atoms with van der Waals surface area (Å²) in [6.45, 7) is 6.04. The van der Waals surface area contributed by atoms with E-state index in [0.717, 1.165) is 31.1 Å². The maximum absolute atomic E-state index is 5.62. The van der Waals surface area contributed by atoms with Crippen molar-refractivity contribution in [3.8, 4) is 5.75 Å². The van der Waals surface area contributed by atoms with Crippen LogP contribution in [0.4, 0.5) is 0 Å². The molecule has 1 aromatic rings. The van der Waals surface area contributed by atoms with Crippen LogP contribution in [0.3, 0.4) is 0 Å². The van der Waals surface area contributed by atoms with Crippen molar-refractivity contribution in [1.82, 2.24) is 5.32 Å². The maximum atomic E-state index is 5.62. The molecular weight excluding hydrogens is 230 g/mol. The lowest BCUT2D eigenvalue weighted by Crippen LogP contribution is -2.27. The third-order valence-corrected chi connectivity index (χ3v) is 3.28. The molecule has 0 aliphatic heterocycles. The van der Waals surface area contributed by atoms with E-state index >= 15 is 0 Å². The molecule has 0 aliphatic rings. The van der Waals surface area contributed by atoms with Gasteiger partial charge in [-0.1, -0.05) is 19.1 Å². The first-order valence-corrected chi connectivity index (χ1v) is 7.59. The molecule has 96 valence electrons. The Balaban J connectivity index is 2.42. The van der Waals surface area contributed by atoms with Crippen molar-refractivity contribution in [2.75, 3.05) is 18.6 Å². The van der Waals surface area contributed by atoms with Crippen LogP contribution in [0.25, 0.3) is 0 Å². The van der Waals surface area contributed by atoms with Crippen LogP contribution in [0, 0.1) is 0 Å². The van der Waals surface area contributed by atoms with Crippen molar-refractivity contribution in [2.24, 2.45) is 0 Å². The molecule has 0 heterocycles. The molecule has 2 nitrogen and oxygen atoms in total. The van der Waals surface area contributed by atoms with Gasteiger partial charge in [0.15, 0.2) is 0 Å². The average Bonchev–Trinajstić information content (AvgIpc) is 2.35. The predicted octanol–water partition coefficient (Wildman–Crippen LogP) is 3.32. The van der Waals surface area contributed by atoms with E-state index in [1.807, 2.05) is 17.8 Å². The smallest absolute Gasteiger partial charge is 0.119 e. The highest BCUT2D eigenvalue weighted by Crippen LogP contribution is 2.13. The SMILES string of the molecule is CCCOc1cccc(CNC(C)CSC)c1. The third kappa shape index (κ3) is 5.99. The number of hydrogen-bond donors (Lipinski definition) is 1. The molecule has 1 rings (SSSR count). The Morgan fingerprint density at radius 3 is 2.94 bits per heavy atom. The van der Waals surface area contributed by atoms with Crippen molar-refractivity contribution in [2.45, 2.75) is 32.9 Å². The van der Waals surface area contributed by atoms with Crippen LogP contribution in [0.15, 0.2) is 24.3 Å². The first-order chi connectivity index (χ1) is 8.26. The van der Waals surface area contributed by atoms with E-state index in [2.05, 4.69) is 43.6 Å². The van der Waals surface area contributed by atoms with E-state index in [1.165, 1.54) is 5.56 Å². The second kappa shape index (κ2) is 8.43. The third-order valence-electron chi connectivity index (χ3n) is 2.44. The molecule has 3 heteroatoms. The van der Waals surface area contributed by atoms with Crippen LogP contribution < -0.4 is 10.1 Å². The second-order valence-corrected chi connectivity index (χ2v) is 5.14. The molecule has 0 aromatic heterocycles. The van der Waals surface area contributed by atoms with Crippen LogP contribution in [0.1, 0.15) is 25.8 Å². The Labute approximate surface area is 109 Å². The molecule has 0 radical (unpaired) electrons. The van der Waals surface area contributed by atoms with E-state index in [4.69, 9.17) is 4.74 Å². The van der Waals surface area contributed by atoms with Gasteiger partial charge in [-0.25, -0.2) is 0 Å². The molecular formula is C14H23NOS. The topological polar surface area (TPSA) is 21.3 Å². The number of benzene rings is 1. The minimum Gasteiger partial charge on any atom is -0.494 e. The lowest BCUT2D eigenvalue weighted by Gasteiger charge is -2.13. The lowest BCUT2D eigenvalue weighted by molar-refractivity contribution is 0.317. The summed E-state index contributed by atoms with van der Waals surface area (Å²) in [5.74, 6) is 2.12. The summed E-state index contributed by atoms with van der Waals surface area (Å²) in [7, 11) is 0. The first-order valence-electron chi connectivity index (χ1n) is 6.20. The van der Waals surface area contributed by atoms with Crippen molar-refractivity contribution >= 4 is 11.8 Å². The van der Waals surface area contributed by atoms with Gasteiger partial charge in [0.25, 0.3) is 0 Å². The second-order valence-electron chi connectivity index (χ2n) is 4.23. The van der Waals surface area contributed by atoms with E-state index in [-0.39, 0.29) is 0 Å². The molecule has 0 saturated heterocycles. The maximum Gasteiger partial charge on any atom is 0.119 e. The lowest BCUT2D eigenvalue weighted by atomic mass is 10.2. The van der Waals surface area contributed by atoms with Gasteiger partial charge < -0.3 is 10.1 Å². The fourth-order valence-electron chi connectivity index (χ4n) is 1.57. The Morgan fingerprint density at radius 2 is 2.24 bits per heavy atom. The van der Waals surface area contributed by atoms with Gasteiger partial charge in [-0.2, -0.15) is 11.8 Å². The number of thioether (sulfide) groups is 1. The molecule has 1 aromatic carbocycles. The number of hydrogen-bond acceptors (Lipinski definition) is 3. The monoisotopic (exact) mass is 253 g/mol. The van der Waals surface area contributed by atoms with Crippen LogP contribution in [0.2, 0.25) is 0 Å². The summed E-state index contributed by atoms with van der Waals surface area (Å²) in [6.07, 6.45) is 3.19. The number of nitrogens with one attached hydrogen (secondary N) is 1. The van der Waals surface area contributed by atoms with Gasteiger partial charge in [0.05, 0.1) is 6.61 Å². The van der Waals surface area contributed by atoms with Gasteiger partial charge in [0.1, 0.15) is 5.75 Å². The van der Waals surface area contributed by atoms with Crippen LogP contribution in [0.5, 0.6) is 5.75 Å². The Hall–Kier alpha value is -0.670. The van der Waals surface area contributed by atoms with E-state index < -0.39 is 0 Å². The van der Waals surface area contributed by atoms with Crippen LogP contribution in [-0.2, 0) is 6.54 Å². The minimum absolute atomic E-state index is 0.546. The molecule has 0 saturated carbocycles. The molecule has 1 atom stereocenters. The fourth-order valence-corrected chi connectivity index (χ4v) is 2.18. The standard InChI is InChI=1S/C14H23NOS/c1-4-8-16-14-7-5-6-13(9-14)10-15-12(2)11-17-3/h5-7,9,12,15H,4,8,10-11H2,1-3H3. The van der Waals surface area contributed by atoms with Gasteiger partial charge in [0, 0.05) is 18.3 Å². The molecule has 0 spiro atoms. The van der Waals surface area contributed by atoms with Gasteiger partial charge >= 0.3 is 0 Å². The van der Waals surface area contributed by atoms with Gasteiger partial charge in [-0.05, 0) is 37.3 Å². The average molecular weight is 253 g/mol. The zero-order valence-electron chi connectivity index (χ0n) is 11.0. The highest BCUT2D eigenvalue weighted by atomic mass is 32.2. The zero-order chi connectivity index (χ0) is 12.5. The van der Waals surface area contributed by atoms with E-state index in [9.17, 15) is 0 Å². The summed E-state index contributed by atoms with van der Waals surface area (Å²) >= 11 is 1.87. The highest BCUT2D eigenvalue weighted by Gasteiger charge is 2.01. The predicted molar refractivity (Wildman–Crippen MR) is 76.9 cm³/mol. The van der Waals surface area contributed by atoms with E-state index in [1.54, 1.807) is 0 Å². The number of ether oxygens (including phenoxy) is 1. The molecule has 0 fully saturated rings. The molecule has 1 N–H and O–H groups in total. The Kier molecular flexibility index (Phi) is 7.13. The van der Waals surface area contributed by atoms with Crippen molar-refractivity contribution in [3.05, 3.63) is 29.8 Å². The molecule has 0 bridgehead atoms. The van der Waals surface area contributed by atoms with Crippen LogP contribution in [-0.4, -0.2) is 24.7 Å². The zero-order valence-corrected chi connectivity index (χ0v) is 11.8. The van der Waals surface area contributed by atoms with Crippen molar-refractivity contribution in [1.29, 1.82) is 0 Å².